The lowest BCUT2D eigenvalue weighted by Gasteiger charge is -2.23. The first-order valence-electron chi connectivity index (χ1n) is 7.09. The van der Waals surface area contributed by atoms with Crippen LogP contribution in [0.25, 0.3) is 0 Å². The minimum atomic E-state index is -0.698. The highest BCUT2D eigenvalue weighted by Gasteiger charge is 2.43. The van der Waals surface area contributed by atoms with E-state index in [1.54, 1.807) is 15.8 Å². The van der Waals surface area contributed by atoms with E-state index in [0.717, 1.165) is 12.1 Å². The highest BCUT2D eigenvalue weighted by Crippen LogP contribution is 2.32. The lowest BCUT2D eigenvalue weighted by Crippen LogP contribution is -2.41. The second-order valence-electron chi connectivity index (χ2n) is 6.12. The van der Waals surface area contributed by atoms with Gasteiger partial charge in [-0.25, -0.2) is 27.0 Å². The minimum Gasteiger partial charge on any atom is -0.226 e. The van der Waals surface area contributed by atoms with Crippen molar-refractivity contribution < 1.29 is 22.1 Å². The molecule has 6 heteroatoms. The molecule has 2 nitrogen and oxygen atoms in total. The van der Waals surface area contributed by atoms with Gasteiger partial charge in [0.1, 0.15) is 23.7 Å². The summed E-state index contributed by atoms with van der Waals surface area (Å²) in [4.78, 5) is 1.62. The van der Waals surface area contributed by atoms with E-state index in [4.69, 9.17) is 0 Å². The van der Waals surface area contributed by atoms with E-state index < -0.39 is 28.8 Å². The molecular formula is C17H15F4N2+. The van der Waals surface area contributed by atoms with Gasteiger partial charge in [0.05, 0.1) is 0 Å². The number of hydrogen-bond donors (Lipinski definition) is 0. The van der Waals surface area contributed by atoms with Gasteiger partial charge in [0, 0.05) is 12.1 Å². The number of benzene rings is 2. The lowest BCUT2D eigenvalue weighted by atomic mass is 10.0. The molecule has 0 saturated heterocycles. The predicted octanol–water partition coefficient (Wildman–Crippen LogP) is 4.21. The molecule has 2 aromatic carbocycles. The number of rotatable bonds is 2. The van der Waals surface area contributed by atoms with Crippen LogP contribution < -0.4 is 4.90 Å². The monoisotopic (exact) mass is 323 g/mol. The van der Waals surface area contributed by atoms with Crippen molar-refractivity contribution in [2.24, 2.45) is 0 Å². The summed E-state index contributed by atoms with van der Waals surface area (Å²) in [5, 5.41) is 0. The topological polar surface area (TPSA) is 6.25 Å². The fourth-order valence-electron chi connectivity index (χ4n) is 2.76. The Morgan fingerprint density at radius 2 is 1.52 bits per heavy atom. The first kappa shape index (κ1) is 15.5. The van der Waals surface area contributed by atoms with Gasteiger partial charge >= 0.3 is 0 Å². The van der Waals surface area contributed by atoms with Crippen LogP contribution in [0.4, 0.5) is 28.9 Å². The van der Waals surface area contributed by atoms with E-state index in [-0.39, 0.29) is 11.4 Å². The smallest absolute Gasteiger partial charge is 0.226 e. The van der Waals surface area contributed by atoms with E-state index in [1.165, 1.54) is 24.3 Å². The first-order valence-corrected chi connectivity index (χ1v) is 7.09. The maximum absolute atomic E-state index is 14.1. The van der Waals surface area contributed by atoms with Gasteiger partial charge in [-0.1, -0.05) is 0 Å². The summed E-state index contributed by atoms with van der Waals surface area (Å²) in [5.41, 5.74) is -0.162. The SMILES string of the molecule is CC1(C)C[N+](c2ccc(F)cc2F)=CN1c1ccc(F)cc1F. The molecule has 1 aliphatic heterocycles. The van der Waals surface area contributed by atoms with Crippen molar-refractivity contribution in [3.05, 3.63) is 59.7 Å². The van der Waals surface area contributed by atoms with E-state index in [2.05, 4.69) is 0 Å². The molecule has 0 aliphatic carbocycles. The molecule has 0 spiro atoms. The van der Waals surface area contributed by atoms with E-state index >= 15 is 0 Å². The molecule has 0 unspecified atom stereocenters. The van der Waals surface area contributed by atoms with Gasteiger partial charge in [-0.05, 0) is 38.1 Å². The zero-order valence-corrected chi connectivity index (χ0v) is 12.7. The van der Waals surface area contributed by atoms with Crippen molar-refractivity contribution in [3.63, 3.8) is 0 Å². The third kappa shape index (κ3) is 2.81. The Bertz CT molecular complexity index is 799. The normalized spacial score (nSPS) is 16.6. The van der Waals surface area contributed by atoms with Crippen LogP contribution in [0.1, 0.15) is 13.8 Å². The van der Waals surface area contributed by atoms with E-state index in [0.29, 0.717) is 6.54 Å². The summed E-state index contributed by atoms with van der Waals surface area (Å²) >= 11 is 0. The molecule has 120 valence electrons. The molecule has 0 amide bonds. The Morgan fingerprint density at radius 3 is 2.13 bits per heavy atom. The van der Waals surface area contributed by atoms with Crippen molar-refractivity contribution in [2.45, 2.75) is 19.4 Å². The number of halogens is 4. The van der Waals surface area contributed by atoms with Crippen LogP contribution >= 0.6 is 0 Å². The van der Waals surface area contributed by atoms with Crippen LogP contribution in [0.3, 0.4) is 0 Å². The largest absolute Gasteiger partial charge is 0.245 e. The Morgan fingerprint density at radius 1 is 0.913 bits per heavy atom. The summed E-state index contributed by atoms with van der Waals surface area (Å²) in [5.74, 6) is -2.72. The van der Waals surface area contributed by atoms with Gasteiger partial charge in [-0.15, -0.1) is 0 Å². The molecule has 0 atom stereocenters. The van der Waals surface area contributed by atoms with Gasteiger partial charge in [-0.2, -0.15) is 0 Å². The van der Waals surface area contributed by atoms with Gasteiger partial charge < -0.3 is 0 Å². The molecular weight excluding hydrogens is 308 g/mol. The molecule has 1 heterocycles. The second-order valence-corrected chi connectivity index (χ2v) is 6.12. The average molecular weight is 323 g/mol. The van der Waals surface area contributed by atoms with Crippen LogP contribution in [-0.4, -0.2) is 23.0 Å². The number of anilines is 1. The third-order valence-electron chi connectivity index (χ3n) is 3.85. The van der Waals surface area contributed by atoms with E-state index in [1.807, 2.05) is 13.8 Å². The average Bonchev–Trinajstić information content (AvgIpc) is 2.74. The molecule has 0 aromatic heterocycles. The molecule has 3 rings (SSSR count). The maximum atomic E-state index is 14.1. The predicted molar refractivity (Wildman–Crippen MR) is 80.1 cm³/mol. The fraction of sp³-hybridized carbons (Fsp3) is 0.235. The van der Waals surface area contributed by atoms with Crippen LogP contribution in [-0.2, 0) is 0 Å². The van der Waals surface area contributed by atoms with Crippen molar-refractivity contribution in [2.75, 3.05) is 11.4 Å². The number of hydrogen-bond acceptors (Lipinski definition) is 1. The molecule has 1 aliphatic rings. The molecule has 0 N–H and O–H groups in total. The summed E-state index contributed by atoms with van der Waals surface area (Å²) in [7, 11) is 0. The molecule has 0 fully saturated rings. The maximum Gasteiger partial charge on any atom is 0.245 e. The Balaban J connectivity index is 2.05. The standard InChI is InChI=1S/C17H15F4N2/c1-17(2)9-22(15-5-3-11(18)7-13(15)20)10-23(17)16-6-4-12(19)8-14(16)21/h3-8,10H,9H2,1-2H3/q+1. The highest BCUT2D eigenvalue weighted by molar-refractivity contribution is 5.80. The van der Waals surface area contributed by atoms with Crippen LogP contribution in [0, 0.1) is 23.3 Å². The highest BCUT2D eigenvalue weighted by atomic mass is 19.1. The zero-order chi connectivity index (χ0) is 16.8. The molecule has 0 saturated carbocycles. The summed E-state index contributed by atoms with van der Waals surface area (Å²) in [6.45, 7) is 4.08. The molecule has 0 radical (unpaired) electrons. The Kier molecular flexibility index (Phi) is 3.62. The Labute approximate surface area is 131 Å². The fourth-order valence-corrected chi connectivity index (χ4v) is 2.76. The summed E-state index contributed by atoms with van der Waals surface area (Å²) < 4.78 is 55.8. The molecule has 23 heavy (non-hydrogen) atoms. The minimum absolute atomic E-state index is 0.196. The quantitative estimate of drug-likeness (QED) is 0.593. The van der Waals surface area contributed by atoms with Gasteiger partial charge in [-0.3, -0.25) is 0 Å². The Hall–Kier alpha value is -2.37. The number of nitrogens with zero attached hydrogens (tertiary/aromatic N) is 2. The van der Waals surface area contributed by atoms with E-state index in [9.17, 15) is 17.6 Å². The van der Waals surface area contributed by atoms with Crippen molar-refractivity contribution in [1.29, 1.82) is 0 Å². The molecule has 0 bridgehead atoms. The van der Waals surface area contributed by atoms with Crippen LogP contribution in [0.15, 0.2) is 36.4 Å². The van der Waals surface area contributed by atoms with Gasteiger partial charge in [0.15, 0.2) is 23.0 Å². The van der Waals surface area contributed by atoms with Crippen molar-refractivity contribution in [1.82, 2.24) is 0 Å². The van der Waals surface area contributed by atoms with Gasteiger partial charge in [0.2, 0.25) is 6.34 Å². The third-order valence-corrected chi connectivity index (χ3v) is 3.85. The van der Waals surface area contributed by atoms with Gasteiger partial charge in [0.25, 0.3) is 0 Å². The summed E-state index contributed by atoms with van der Waals surface area (Å²) in [6.07, 6.45) is 1.55. The summed E-state index contributed by atoms with van der Waals surface area (Å²) in [6, 6.07) is 6.62. The van der Waals surface area contributed by atoms with Crippen LogP contribution in [0.5, 0.6) is 0 Å². The zero-order valence-electron chi connectivity index (χ0n) is 12.7. The van der Waals surface area contributed by atoms with Crippen LogP contribution in [0.2, 0.25) is 0 Å². The lowest BCUT2D eigenvalue weighted by molar-refractivity contribution is -0.435. The van der Waals surface area contributed by atoms with Crippen molar-refractivity contribution >= 4 is 17.7 Å². The molecule has 2 aromatic rings. The first-order chi connectivity index (χ1) is 10.8. The second kappa shape index (κ2) is 5.37. The van der Waals surface area contributed by atoms with Crippen molar-refractivity contribution in [3.8, 4) is 0 Å².